The first kappa shape index (κ1) is 18.0. The summed E-state index contributed by atoms with van der Waals surface area (Å²) in [5.74, 6) is 0. The Bertz CT molecular complexity index is 1280. The standard InChI is InChI=1S/C21H12ClN3O2S/c22-16-4-1-13(2-5-16)18-12-28-21(25-18)15(10-23)11-24-17-6-7-19-14(9-17)3-8-20(26)27-19/h1-9,11-12,24H. The zero-order valence-electron chi connectivity index (χ0n) is 14.3. The van der Waals surface area contributed by atoms with E-state index in [4.69, 9.17) is 16.0 Å². The summed E-state index contributed by atoms with van der Waals surface area (Å²) in [5, 5.41) is 16.6. The van der Waals surface area contributed by atoms with Crippen molar-refractivity contribution in [3.8, 4) is 17.3 Å². The van der Waals surface area contributed by atoms with E-state index in [1.54, 1.807) is 36.5 Å². The smallest absolute Gasteiger partial charge is 0.336 e. The number of hydrogen-bond acceptors (Lipinski definition) is 6. The molecule has 0 unspecified atom stereocenters. The van der Waals surface area contributed by atoms with Gasteiger partial charge in [0.1, 0.15) is 22.2 Å². The van der Waals surface area contributed by atoms with Crippen molar-refractivity contribution < 1.29 is 4.42 Å². The molecule has 2 aromatic heterocycles. The van der Waals surface area contributed by atoms with E-state index in [9.17, 15) is 10.1 Å². The van der Waals surface area contributed by atoms with Gasteiger partial charge in [0, 0.05) is 39.3 Å². The maximum Gasteiger partial charge on any atom is 0.336 e. The molecule has 5 nitrogen and oxygen atoms in total. The number of nitriles is 1. The van der Waals surface area contributed by atoms with Gasteiger partial charge in [0.2, 0.25) is 0 Å². The zero-order valence-corrected chi connectivity index (χ0v) is 15.9. The Hall–Kier alpha value is -3.40. The Balaban J connectivity index is 1.58. The normalized spacial score (nSPS) is 11.4. The lowest BCUT2D eigenvalue weighted by Crippen LogP contribution is -1.95. The van der Waals surface area contributed by atoms with Crippen LogP contribution >= 0.6 is 22.9 Å². The van der Waals surface area contributed by atoms with Crippen LogP contribution in [0.2, 0.25) is 5.02 Å². The van der Waals surface area contributed by atoms with E-state index >= 15 is 0 Å². The van der Waals surface area contributed by atoms with Crippen molar-refractivity contribution in [3.63, 3.8) is 0 Å². The topological polar surface area (TPSA) is 78.9 Å². The van der Waals surface area contributed by atoms with Gasteiger partial charge >= 0.3 is 5.63 Å². The van der Waals surface area contributed by atoms with Crippen molar-refractivity contribution in [2.24, 2.45) is 0 Å². The van der Waals surface area contributed by atoms with Crippen LogP contribution in [0, 0.1) is 11.3 Å². The first-order chi connectivity index (χ1) is 13.6. The molecule has 0 fully saturated rings. The van der Waals surface area contributed by atoms with Crippen molar-refractivity contribution in [3.05, 3.63) is 86.6 Å². The molecule has 0 spiro atoms. The molecular weight excluding hydrogens is 394 g/mol. The molecule has 0 saturated heterocycles. The van der Waals surface area contributed by atoms with E-state index in [1.807, 2.05) is 23.6 Å². The molecule has 0 amide bonds. The predicted octanol–water partition coefficient (Wildman–Crippen LogP) is 5.55. The molecule has 28 heavy (non-hydrogen) atoms. The highest BCUT2D eigenvalue weighted by molar-refractivity contribution is 7.11. The largest absolute Gasteiger partial charge is 0.423 e. The molecule has 0 aliphatic carbocycles. The molecule has 136 valence electrons. The molecule has 0 saturated carbocycles. The Morgan fingerprint density at radius 2 is 2.00 bits per heavy atom. The molecule has 4 rings (SSSR count). The minimum absolute atomic E-state index is 0.389. The van der Waals surface area contributed by atoms with Gasteiger partial charge in [0.05, 0.1) is 5.69 Å². The lowest BCUT2D eigenvalue weighted by molar-refractivity contribution is 0.561. The number of aromatic nitrogens is 1. The van der Waals surface area contributed by atoms with Crippen LogP contribution in [-0.4, -0.2) is 4.98 Å². The maximum absolute atomic E-state index is 11.3. The zero-order chi connectivity index (χ0) is 19.5. The summed E-state index contributed by atoms with van der Waals surface area (Å²) < 4.78 is 5.12. The quantitative estimate of drug-likeness (QED) is 0.356. The second-order valence-electron chi connectivity index (χ2n) is 5.87. The summed E-state index contributed by atoms with van der Waals surface area (Å²) in [6, 6.07) is 18.0. The van der Waals surface area contributed by atoms with Crippen molar-refractivity contribution in [1.29, 1.82) is 5.26 Å². The van der Waals surface area contributed by atoms with Gasteiger partial charge in [-0.15, -0.1) is 11.3 Å². The maximum atomic E-state index is 11.3. The SMILES string of the molecule is N#CC(=CNc1ccc2oc(=O)ccc2c1)c1nc(-c2ccc(Cl)cc2)cs1. The van der Waals surface area contributed by atoms with Crippen LogP contribution < -0.4 is 10.9 Å². The number of allylic oxidation sites excluding steroid dienone is 1. The van der Waals surface area contributed by atoms with E-state index in [0.29, 0.717) is 21.2 Å². The first-order valence-electron chi connectivity index (χ1n) is 8.25. The summed E-state index contributed by atoms with van der Waals surface area (Å²) in [6.45, 7) is 0. The Morgan fingerprint density at radius 3 is 2.79 bits per heavy atom. The lowest BCUT2D eigenvalue weighted by Gasteiger charge is -2.03. The van der Waals surface area contributed by atoms with Crippen molar-refractivity contribution in [2.75, 3.05) is 5.32 Å². The number of hydrogen-bond donors (Lipinski definition) is 1. The number of fused-ring (bicyclic) bond motifs is 1. The lowest BCUT2D eigenvalue weighted by atomic mass is 10.2. The number of anilines is 1. The number of halogens is 1. The molecule has 1 N–H and O–H groups in total. The van der Waals surface area contributed by atoms with Gasteiger partial charge in [-0.05, 0) is 36.4 Å². The van der Waals surface area contributed by atoms with Crippen molar-refractivity contribution >= 4 is 45.2 Å². The summed E-state index contributed by atoms with van der Waals surface area (Å²) in [5.41, 5.74) is 3.04. The number of nitrogens with zero attached hydrogens (tertiary/aromatic N) is 2. The second-order valence-corrected chi connectivity index (χ2v) is 7.16. The molecule has 7 heteroatoms. The van der Waals surface area contributed by atoms with Crippen LogP contribution in [0.1, 0.15) is 5.01 Å². The number of nitrogens with one attached hydrogen (secondary N) is 1. The van der Waals surface area contributed by atoms with Gasteiger partial charge in [0.25, 0.3) is 0 Å². The molecule has 4 aromatic rings. The van der Waals surface area contributed by atoms with Gasteiger partial charge in [-0.3, -0.25) is 0 Å². The second kappa shape index (κ2) is 7.69. The molecule has 0 aliphatic heterocycles. The molecule has 2 aromatic carbocycles. The average molecular weight is 406 g/mol. The van der Waals surface area contributed by atoms with Gasteiger partial charge in [-0.25, -0.2) is 9.78 Å². The van der Waals surface area contributed by atoms with Gasteiger partial charge in [-0.1, -0.05) is 23.7 Å². The summed E-state index contributed by atoms with van der Waals surface area (Å²) in [6.07, 6.45) is 1.62. The van der Waals surface area contributed by atoms with Crippen LogP contribution in [0.25, 0.3) is 27.8 Å². The Labute approximate surface area is 169 Å². The fourth-order valence-corrected chi connectivity index (χ4v) is 3.53. The third-order valence-corrected chi connectivity index (χ3v) is 5.13. The van der Waals surface area contributed by atoms with Gasteiger partial charge < -0.3 is 9.73 Å². The van der Waals surface area contributed by atoms with Crippen LogP contribution in [0.5, 0.6) is 0 Å². The predicted molar refractivity (Wildman–Crippen MR) is 112 cm³/mol. The molecule has 0 bridgehead atoms. The van der Waals surface area contributed by atoms with Crippen molar-refractivity contribution in [2.45, 2.75) is 0 Å². The summed E-state index contributed by atoms with van der Waals surface area (Å²) >= 11 is 7.32. The van der Waals surface area contributed by atoms with Crippen LogP contribution in [0.3, 0.4) is 0 Å². The van der Waals surface area contributed by atoms with Gasteiger partial charge in [0.15, 0.2) is 0 Å². The van der Waals surface area contributed by atoms with E-state index in [1.165, 1.54) is 17.4 Å². The number of benzene rings is 2. The van der Waals surface area contributed by atoms with Gasteiger partial charge in [-0.2, -0.15) is 5.26 Å². The average Bonchev–Trinajstić information content (AvgIpc) is 3.19. The number of thiazole rings is 1. The highest BCUT2D eigenvalue weighted by atomic mass is 35.5. The van der Waals surface area contributed by atoms with Crippen molar-refractivity contribution in [1.82, 2.24) is 4.98 Å². The minimum Gasteiger partial charge on any atom is -0.423 e. The Kier molecular flexibility index (Phi) is 4.94. The monoisotopic (exact) mass is 405 g/mol. The summed E-state index contributed by atoms with van der Waals surface area (Å²) in [4.78, 5) is 15.8. The van der Waals surface area contributed by atoms with E-state index in [-0.39, 0.29) is 5.63 Å². The highest BCUT2D eigenvalue weighted by Gasteiger charge is 2.09. The van der Waals surface area contributed by atoms with Crippen LogP contribution in [0.4, 0.5) is 5.69 Å². The molecule has 0 aliphatic rings. The highest BCUT2D eigenvalue weighted by Crippen LogP contribution is 2.27. The van der Waals surface area contributed by atoms with E-state index < -0.39 is 0 Å². The van der Waals surface area contributed by atoms with E-state index in [0.717, 1.165) is 22.3 Å². The van der Waals surface area contributed by atoms with Crippen LogP contribution in [-0.2, 0) is 0 Å². The fraction of sp³-hybridized carbons (Fsp3) is 0. The minimum atomic E-state index is -0.389. The molecule has 2 heterocycles. The fourth-order valence-electron chi connectivity index (χ4n) is 2.61. The third kappa shape index (κ3) is 3.81. The molecule has 0 atom stereocenters. The number of rotatable bonds is 4. The van der Waals surface area contributed by atoms with Crippen LogP contribution in [0.15, 0.2) is 75.4 Å². The third-order valence-electron chi connectivity index (χ3n) is 4.00. The molecular formula is C21H12ClN3O2S. The first-order valence-corrected chi connectivity index (χ1v) is 9.51. The summed E-state index contributed by atoms with van der Waals surface area (Å²) in [7, 11) is 0. The Morgan fingerprint density at radius 1 is 1.18 bits per heavy atom. The molecule has 0 radical (unpaired) electrons. The van der Waals surface area contributed by atoms with E-state index in [2.05, 4.69) is 16.4 Å².